The Bertz CT molecular complexity index is 650. The van der Waals surface area contributed by atoms with E-state index in [1.807, 2.05) is 0 Å². The third-order valence-electron chi connectivity index (χ3n) is 3.53. The molecule has 1 rings (SSSR count). The van der Waals surface area contributed by atoms with Gasteiger partial charge in [0.15, 0.2) is 0 Å². The van der Waals surface area contributed by atoms with E-state index >= 15 is 0 Å². The third kappa shape index (κ3) is 3.31. The molecular weight excluding hydrogens is 304 g/mol. The summed E-state index contributed by atoms with van der Waals surface area (Å²) in [5.41, 5.74) is 0. The first-order valence-corrected chi connectivity index (χ1v) is 8.91. The minimum atomic E-state index is -4.51. The van der Waals surface area contributed by atoms with Gasteiger partial charge in [-0.3, -0.25) is 4.55 Å². The van der Waals surface area contributed by atoms with E-state index in [1.54, 1.807) is 18.2 Å². The molecule has 1 aromatic carbocycles. The van der Waals surface area contributed by atoms with Crippen molar-refractivity contribution in [2.75, 3.05) is 0 Å². The molecule has 0 amide bonds. The van der Waals surface area contributed by atoms with E-state index in [0.717, 1.165) is 6.92 Å². The Morgan fingerprint density at radius 1 is 1.20 bits per heavy atom. The molecule has 8 heteroatoms. The average Bonchev–Trinajstić information content (AvgIpc) is 2.36. The first-order valence-electron chi connectivity index (χ1n) is 6.00. The van der Waals surface area contributed by atoms with Crippen molar-refractivity contribution in [1.29, 1.82) is 0 Å². The molecular formula is C12H18O6S2. The number of benzene rings is 1. The molecule has 0 radical (unpaired) electrons. The van der Waals surface area contributed by atoms with Crippen LogP contribution in [0.1, 0.15) is 27.2 Å². The van der Waals surface area contributed by atoms with Gasteiger partial charge in [0.25, 0.3) is 10.1 Å². The first-order chi connectivity index (χ1) is 9.04. The summed E-state index contributed by atoms with van der Waals surface area (Å²) < 4.78 is 59.6. The normalized spacial score (nSPS) is 17.2. The second-order valence-electron chi connectivity index (χ2n) is 4.67. The number of hydrogen-bond acceptors (Lipinski definition) is 5. The highest BCUT2D eigenvalue weighted by atomic mass is 32.2. The fraction of sp³-hybridized carbons (Fsp3) is 0.500. The summed E-state index contributed by atoms with van der Waals surface area (Å²) in [7, 11) is -8.75. The highest BCUT2D eigenvalue weighted by Gasteiger charge is 2.49. The number of para-hydroxylation sites is 1. The highest BCUT2D eigenvalue weighted by molar-refractivity contribution is 7.91. The Labute approximate surface area is 119 Å². The van der Waals surface area contributed by atoms with Crippen LogP contribution >= 0.6 is 0 Å². The molecule has 0 aliphatic rings. The monoisotopic (exact) mass is 322 g/mol. The molecule has 6 nitrogen and oxygen atoms in total. The van der Waals surface area contributed by atoms with E-state index in [9.17, 15) is 16.8 Å². The molecule has 1 aromatic rings. The van der Waals surface area contributed by atoms with Crippen molar-refractivity contribution in [3.8, 4) is 5.75 Å². The molecule has 0 heterocycles. The van der Waals surface area contributed by atoms with Crippen molar-refractivity contribution >= 4 is 20.2 Å². The van der Waals surface area contributed by atoms with Crippen LogP contribution in [0.25, 0.3) is 0 Å². The summed E-state index contributed by atoms with van der Waals surface area (Å²) in [6, 6.07) is 7.79. The maximum atomic E-state index is 12.3. The Balaban J connectivity index is 3.23. The fourth-order valence-corrected chi connectivity index (χ4v) is 4.51. The molecule has 0 spiro atoms. The second-order valence-corrected chi connectivity index (χ2v) is 8.42. The number of hydrogen-bond donors (Lipinski definition) is 1. The van der Waals surface area contributed by atoms with Crippen molar-refractivity contribution < 1.29 is 25.6 Å². The van der Waals surface area contributed by atoms with Crippen molar-refractivity contribution in [2.24, 2.45) is 0 Å². The van der Waals surface area contributed by atoms with Gasteiger partial charge in [0.2, 0.25) is 0 Å². The van der Waals surface area contributed by atoms with E-state index in [0.29, 0.717) is 0 Å². The summed E-state index contributed by atoms with van der Waals surface area (Å²) in [5, 5.41) is -1.51. The van der Waals surface area contributed by atoms with E-state index < -0.39 is 30.2 Å². The van der Waals surface area contributed by atoms with E-state index in [2.05, 4.69) is 0 Å². The smallest absolute Gasteiger partial charge is 0.316 e. The van der Waals surface area contributed by atoms with E-state index in [4.69, 9.17) is 8.74 Å². The zero-order valence-electron chi connectivity index (χ0n) is 11.5. The van der Waals surface area contributed by atoms with Crippen LogP contribution in [0.2, 0.25) is 0 Å². The van der Waals surface area contributed by atoms with E-state index in [-0.39, 0.29) is 12.2 Å². The van der Waals surface area contributed by atoms with Gasteiger partial charge < -0.3 is 4.18 Å². The van der Waals surface area contributed by atoms with Crippen molar-refractivity contribution in [3.63, 3.8) is 0 Å². The molecule has 1 N–H and O–H groups in total. The zero-order chi connectivity index (χ0) is 15.6. The van der Waals surface area contributed by atoms with Crippen LogP contribution in [0.15, 0.2) is 30.3 Å². The van der Waals surface area contributed by atoms with Gasteiger partial charge >= 0.3 is 10.1 Å². The molecule has 2 atom stereocenters. The largest absolute Gasteiger partial charge is 0.382 e. The topological polar surface area (TPSA) is 97.7 Å². The molecule has 0 saturated heterocycles. The SMILES string of the molecule is CCC(C)(C(C)S(=O)(=O)O)S(=O)(=O)Oc1ccccc1. The first kappa shape index (κ1) is 16.9. The van der Waals surface area contributed by atoms with Crippen LogP contribution in [0.4, 0.5) is 0 Å². The zero-order valence-corrected chi connectivity index (χ0v) is 13.1. The molecule has 0 aliphatic heterocycles. The van der Waals surface area contributed by atoms with Crippen LogP contribution in [0.5, 0.6) is 5.75 Å². The third-order valence-corrected chi connectivity index (χ3v) is 7.29. The van der Waals surface area contributed by atoms with Gasteiger partial charge in [-0.15, -0.1) is 0 Å². The van der Waals surface area contributed by atoms with Crippen LogP contribution in [-0.2, 0) is 20.2 Å². The van der Waals surface area contributed by atoms with Crippen molar-refractivity contribution in [1.82, 2.24) is 0 Å². The van der Waals surface area contributed by atoms with E-state index in [1.165, 1.54) is 26.0 Å². The molecule has 20 heavy (non-hydrogen) atoms. The van der Waals surface area contributed by atoms with Gasteiger partial charge in [0.1, 0.15) is 15.7 Å². The summed E-state index contributed by atoms with van der Waals surface area (Å²) in [4.78, 5) is 0. The Morgan fingerprint density at radius 2 is 1.70 bits per heavy atom. The predicted octanol–water partition coefficient (Wildman–Crippen LogP) is 1.84. The molecule has 0 aliphatic carbocycles. The molecule has 0 saturated carbocycles. The maximum absolute atomic E-state index is 12.3. The van der Waals surface area contributed by atoms with Crippen molar-refractivity contribution in [2.45, 2.75) is 37.2 Å². The fourth-order valence-electron chi connectivity index (χ4n) is 1.68. The van der Waals surface area contributed by atoms with Gasteiger partial charge in [-0.05, 0) is 32.4 Å². The minimum absolute atomic E-state index is 0.0247. The lowest BCUT2D eigenvalue weighted by Crippen LogP contribution is -2.50. The van der Waals surface area contributed by atoms with Gasteiger partial charge in [0.05, 0.1) is 0 Å². The number of rotatable bonds is 6. The van der Waals surface area contributed by atoms with Crippen molar-refractivity contribution in [3.05, 3.63) is 30.3 Å². The Kier molecular flexibility index (Phi) is 4.83. The van der Waals surface area contributed by atoms with Gasteiger partial charge in [-0.25, -0.2) is 0 Å². The summed E-state index contributed by atoms with van der Waals surface area (Å²) in [6.07, 6.45) is -0.0247. The standard InChI is InChI=1S/C12H18O6S2/c1-4-12(3,10(2)19(13,14)15)20(16,17)18-11-8-6-5-7-9-11/h5-10H,4H2,1-3H3,(H,13,14,15). The molecule has 114 valence electrons. The predicted molar refractivity (Wildman–Crippen MR) is 75.7 cm³/mol. The van der Waals surface area contributed by atoms with Gasteiger partial charge in [0, 0.05) is 0 Å². The quantitative estimate of drug-likeness (QED) is 0.634. The molecule has 0 fully saturated rings. The van der Waals surface area contributed by atoms with Gasteiger partial charge in [-0.2, -0.15) is 16.8 Å². The lowest BCUT2D eigenvalue weighted by Gasteiger charge is -2.31. The molecule has 2 unspecified atom stereocenters. The lowest BCUT2D eigenvalue weighted by molar-refractivity contribution is 0.402. The summed E-state index contributed by atoms with van der Waals surface area (Å²) in [5.74, 6) is 0.0923. The molecule has 0 aromatic heterocycles. The van der Waals surface area contributed by atoms with Crippen LogP contribution in [0.3, 0.4) is 0 Å². The lowest BCUT2D eigenvalue weighted by atomic mass is 10.1. The summed E-state index contributed by atoms with van der Waals surface area (Å²) in [6.45, 7) is 3.90. The minimum Gasteiger partial charge on any atom is -0.382 e. The van der Waals surface area contributed by atoms with Gasteiger partial charge in [-0.1, -0.05) is 25.1 Å². The maximum Gasteiger partial charge on any atom is 0.316 e. The molecule has 0 bridgehead atoms. The van der Waals surface area contributed by atoms with Crippen LogP contribution < -0.4 is 4.18 Å². The Hall–Kier alpha value is -1.12. The highest BCUT2D eigenvalue weighted by Crippen LogP contribution is 2.32. The van der Waals surface area contributed by atoms with Crippen LogP contribution in [0, 0.1) is 0 Å². The average molecular weight is 322 g/mol. The second kappa shape index (κ2) is 5.71. The summed E-state index contributed by atoms with van der Waals surface area (Å²) >= 11 is 0. The Morgan fingerprint density at radius 3 is 2.10 bits per heavy atom. The van der Waals surface area contributed by atoms with Crippen LogP contribution in [-0.4, -0.2) is 31.4 Å².